The predicted molar refractivity (Wildman–Crippen MR) is 87.5 cm³/mol. The maximum absolute atomic E-state index is 12.0. The Balaban J connectivity index is 1.75. The Morgan fingerprint density at radius 1 is 1.05 bits per heavy atom. The molecule has 3 nitrogen and oxygen atoms in total. The van der Waals surface area contributed by atoms with Crippen LogP contribution in [0, 0.1) is 6.92 Å². The first-order valence-electron chi connectivity index (χ1n) is 7.22. The lowest BCUT2D eigenvalue weighted by Crippen LogP contribution is -2.31. The zero-order valence-electron chi connectivity index (χ0n) is 12.7. The molecule has 110 valence electrons. The monoisotopic (exact) mass is 282 g/mol. The van der Waals surface area contributed by atoms with Crippen LogP contribution in [0.3, 0.4) is 0 Å². The molecule has 0 aliphatic carbocycles. The molecule has 0 spiro atoms. The molecule has 3 heteroatoms. The maximum Gasteiger partial charge on any atom is 0.238 e. The van der Waals surface area contributed by atoms with E-state index < -0.39 is 0 Å². The van der Waals surface area contributed by atoms with E-state index in [9.17, 15) is 4.79 Å². The normalized spacial score (nSPS) is 10.6. The molecule has 2 aromatic rings. The fourth-order valence-electron chi connectivity index (χ4n) is 2.13. The van der Waals surface area contributed by atoms with Crippen LogP contribution in [-0.2, 0) is 11.2 Å². The van der Waals surface area contributed by atoms with Crippen molar-refractivity contribution < 1.29 is 4.79 Å². The van der Waals surface area contributed by atoms with Gasteiger partial charge < -0.3 is 5.32 Å². The summed E-state index contributed by atoms with van der Waals surface area (Å²) in [6.45, 7) is 3.30. The number of hydrogen-bond acceptors (Lipinski definition) is 2. The van der Waals surface area contributed by atoms with Gasteiger partial charge in [-0.3, -0.25) is 9.69 Å². The first-order chi connectivity index (χ1) is 10.1. The van der Waals surface area contributed by atoms with E-state index in [1.807, 2.05) is 61.3 Å². The van der Waals surface area contributed by atoms with Crippen LogP contribution in [0.25, 0.3) is 0 Å². The summed E-state index contributed by atoms with van der Waals surface area (Å²) in [6, 6.07) is 18.2. The van der Waals surface area contributed by atoms with E-state index >= 15 is 0 Å². The van der Waals surface area contributed by atoms with Gasteiger partial charge >= 0.3 is 0 Å². The number of carbonyl (C=O) groups excluding carboxylic acids is 1. The van der Waals surface area contributed by atoms with Crippen molar-refractivity contribution in [2.75, 3.05) is 25.5 Å². The van der Waals surface area contributed by atoms with Crippen LogP contribution >= 0.6 is 0 Å². The highest BCUT2D eigenvalue weighted by Crippen LogP contribution is 2.08. The average molecular weight is 282 g/mol. The number of rotatable bonds is 6. The Morgan fingerprint density at radius 3 is 2.38 bits per heavy atom. The molecule has 0 unspecified atom stereocenters. The summed E-state index contributed by atoms with van der Waals surface area (Å²) in [4.78, 5) is 14.0. The maximum atomic E-state index is 12.0. The molecule has 0 aliphatic rings. The quantitative estimate of drug-likeness (QED) is 0.883. The number of likely N-dealkylation sites (N-methyl/N-ethyl adjacent to an activating group) is 1. The minimum absolute atomic E-state index is 0.0226. The highest BCUT2D eigenvalue weighted by atomic mass is 16.2. The Bertz CT molecular complexity index is 564. The summed E-state index contributed by atoms with van der Waals surface area (Å²) in [6.07, 6.45) is 0.954. The van der Waals surface area contributed by atoms with Crippen LogP contribution in [0.1, 0.15) is 11.1 Å². The van der Waals surface area contributed by atoms with Crippen molar-refractivity contribution in [3.05, 3.63) is 65.7 Å². The van der Waals surface area contributed by atoms with Crippen molar-refractivity contribution in [1.82, 2.24) is 4.90 Å². The van der Waals surface area contributed by atoms with Crippen LogP contribution < -0.4 is 5.32 Å². The molecule has 1 N–H and O–H groups in total. The van der Waals surface area contributed by atoms with Crippen molar-refractivity contribution in [1.29, 1.82) is 0 Å². The van der Waals surface area contributed by atoms with Gasteiger partial charge in [0.1, 0.15) is 0 Å². The third-order valence-corrected chi connectivity index (χ3v) is 3.37. The van der Waals surface area contributed by atoms with Crippen molar-refractivity contribution in [2.24, 2.45) is 0 Å². The van der Waals surface area contributed by atoms with Gasteiger partial charge in [0, 0.05) is 12.2 Å². The first-order valence-corrected chi connectivity index (χ1v) is 7.22. The van der Waals surface area contributed by atoms with E-state index in [0.717, 1.165) is 18.7 Å². The Kier molecular flexibility index (Phi) is 5.52. The number of benzene rings is 2. The topological polar surface area (TPSA) is 32.3 Å². The van der Waals surface area contributed by atoms with Gasteiger partial charge in [0.15, 0.2) is 0 Å². The zero-order valence-corrected chi connectivity index (χ0v) is 12.7. The van der Waals surface area contributed by atoms with Gasteiger partial charge in [0.2, 0.25) is 5.91 Å². The van der Waals surface area contributed by atoms with Crippen LogP contribution in [0.5, 0.6) is 0 Å². The smallest absolute Gasteiger partial charge is 0.238 e. The van der Waals surface area contributed by atoms with Gasteiger partial charge in [-0.05, 0) is 38.1 Å². The van der Waals surface area contributed by atoms with Crippen LogP contribution in [0.15, 0.2) is 54.6 Å². The summed E-state index contributed by atoms with van der Waals surface area (Å²) < 4.78 is 0. The van der Waals surface area contributed by atoms with Gasteiger partial charge in [-0.1, -0.05) is 48.0 Å². The molecule has 0 radical (unpaired) electrons. The van der Waals surface area contributed by atoms with Crippen molar-refractivity contribution in [3.8, 4) is 0 Å². The van der Waals surface area contributed by atoms with Crippen LogP contribution in [0.2, 0.25) is 0 Å². The molecule has 0 fully saturated rings. The second-order valence-electron chi connectivity index (χ2n) is 5.39. The minimum atomic E-state index is 0.0226. The SMILES string of the molecule is Cc1ccc(NC(=O)CN(C)CCc2ccccc2)cc1. The van der Waals surface area contributed by atoms with Crippen molar-refractivity contribution in [3.63, 3.8) is 0 Å². The first kappa shape index (κ1) is 15.3. The number of amides is 1. The molecule has 0 aliphatic heterocycles. The third-order valence-electron chi connectivity index (χ3n) is 3.37. The number of aryl methyl sites for hydroxylation is 1. The third kappa shape index (κ3) is 5.40. The van der Waals surface area contributed by atoms with Crippen molar-refractivity contribution in [2.45, 2.75) is 13.3 Å². The van der Waals surface area contributed by atoms with Gasteiger partial charge in [0.25, 0.3) is 0 Å². The van der Waals surface area contributed by atoms with Crippen LogP contribution in [0.4, 0.5) is 5.69 Å². The van der Waals surface area contributed by atoms with E-state index in [-0.39, 0.29) is 5.91 Å². The van der Waals surface area contributed by atoms with E-state index in [4.69, 9.17) is 0 Å². The average Bonchev–Trinajstić information content (AvgIpc) is 2.48. The molecule has 0 atom stereocenters. The Morgan fingerprint density at radius 2 is 1.71 bits per heavy atom. The van der Waals surface area contributed by atoms with Gasteiger partial charge in [-0.25, -0.2) is 0 Å². The molecule has 2 aromatic carbocycles. The van der Waals surface area contributed by atoms with E-state index in [0.29, 0.717) is 6.54 Å². The summed E-state index contributed by atoms with van der Waals surface area (Å²) in [5.41, 5.74) is 3.33. The molecule has 21 heavy (non-hydrogen) atoms. The molecular weight excluding hydrogens is 260 g/mol. The summed E-state index contributed by atoms with van der Waals surface area (Å²) >= 11 is 0. The standard InChI is InChI=1S/C18H22N2O/c1-15-8-10-17(11-9-15)19-18(21)14-20(2)13-12-16-6-4-3-5-7-16/h3-11H,12-14H2,1-2H3,(H,19,21). The van der Waals surface area contributed by atoms with E-state index in [2.05, 4.69) is 17.4 Å². The van der Waals surface area contributed by atoms with Gasteiger partial charge in [0.05, 0.1) is 6.54 Å². The molecule has 0 aromatic heterocycles. The minimum Gasteiger partial charge on any atom is -0.325 e. The molecule has 0 saturated carbocycles. The highest BCUT2D eigenvalue weighted by Gasteiger charge is 2.07. The number of anilines is 1. The molecule has 0 bridgehead atoms. The lowest BCUT2D eigenvalue weighted by atomic mass is 10.1. The Labute approximate surface area is 126 Å². The zero-order chi connectivity index (χ0) is 15.1. The molecule has 1 amide bonds. The fourth-order valence-corrected chi connectivity index (χ4v) is 2.13. The fraction of sp³-hybridized carbons (Fsp3) is 0.278. The number of nitrogens with zero attached hydrogens (tertiary/aromatic N) is 1. The van der Waals surface area contributed by atoms with Gasteiger partial charge in [-0.15, -0.1) is 0 Å². The number of carbonyl (C=O) groups is 1. The lowest BCUT2D eigenvalue weighted by molar-refractivity contribution is -0.117. The predicted octanol–water partition coefficient (Wildman–Crippen LogP) is 3.11. The summed E-state index contributed by atoms with van der Waals surface area (Å²) in [5, 5.41) is 2.92. The molecule has 0 saturated heterocycles. The molecular formula is C18H22N2O. The van der Waals surface area contributed by atoms with Gasteiger partial charge in [-0.2, -0.15) is 0 Å². The summed E-state index contributed by atoms with van der Waals surface area (Å²) in [7, 11) is 1.97. The van der Waals surface area contributed by atoms with E-state index in [1.165, 1.54) is 11.1 Å². The molecule has 2 rings (SSSR count). The van der Waals surface area contributed by atoms with E-state index in [1.54, 1.807) is 0 Å². The second-order valence-corrected chi connectivity index (χ2v) is 5.39. The number of nitrogens with one attached hydrogen (secondary N) is 1. The molecule has 0 heterocycles. The van der Waals surface area contributed by atoms with Crippen molar-refractivity contribution >= 4 is 11.6 Å². The Hall–Kier alpha value is -2.13. The lowest BCUT2D eigenvalue weighted by Gasteiger charge is -2.16. The highest BCUT2D eigenvalue weighted by molar-refractivity contribution is 5.92. The van der Waals surface area contributed by atoms with Crippen LogP contribution in [-0.4, -0.2) is 30.9 Å². The second kappa shape index (κ2) is 7.60. The number of hydrogen-bond donors (Lipinski definition) is 1. The summed E-state index contributed by atoms with van der Waals surface area (Å²) in [5.74, 6) is 0.0226. The largest absolute Gasteiger partial charge is 0.325 e.